The molecule has 0 aromatic carbocycles. The van der Waals surface area contributed by atoms with Gasteiger partial charge < -0.3 is 0 Å². The summed E-state index contributed by atoms with van der Waals surface area (Å²) in [5, 5.41) is 4.48. The molecule has 0 aliphatic heterocycles. The zero-order chi connectivity index (χ0) is 13.8. The third-order valence-electron chi connectivity index (χ3n) is 2.48. The van der Waals surface area contributed by atoms with E-state index in [0.717, 1.165) is 11.1 Å². The van der Waals surface area contributed by atoms with Crippen molar-refractivity contribution in [3.8, 4) is 0 Å². The Morgan fingerprint density at radius 2 is 2.32 bits per heavy atom. The first-order valence-electron chi connectivity index (χ1n) is 5.53. The number of allylic oxidation sites excluding steroid dienone is 1. The molecule has 0 aliphatic carbocycles. The van der Waals surface area contributed by atoms with Crippen LogP contribution in [0.3, 0.4) is 0 Å². The lowest BCUT2D eigenvalue weighted by Gasteiger charge is -2.01. The fraction of sp³-hybridized carbons (Fsp3) is 0.154. The van der Waals surface area contributed by atoms with Crippen LogP contribution in [0.25, 0.3) is 5.57 Å². The fourth-order valence-corrected chi connectivity index (χ4v) is 1.85. The predicted octanol–water partition coefficient (Wildman–Crippen LogP) is 3.62. The summed E-state index contributed by atoms with van der Waals surface area (Å²) in [6, 6.07) is 3.46. The van der Waals surface area contributed by atoms with E-state index >= 15 is 0 Å². The maximum atomic E-state index is 5.81. The van der Waals surface area contributed by atoms with Crippen molar-refractivity contribution in [3.05, 3.63) is 47.5 Å². The highest BCUT2D eigenvalue weighted by atomic mass is 35.5. The summed E-state index contributed by atoms with van der Waals surface area (Å²) in [5.74, 6) is 0.257. The average Bonchev–Trinajstić information content (AvgIpc) is 2.83. The van der Waals surface area contributed by atoms with E-state index in [1.54, 1.807) is 29.2 Å². The van der Waals surface area contributed by atoms with Crippen LogP contribution in [0, 0.1) is 0 Å². The van der Waals surface area contributed by atoms with Crippen LogP contribution < -0.4 is 0 Å². The molecule has 0 N–H and O–H groups in total. The second kappa shape index (κ2) is 5.99. The number of aliphatic imine (C=N–C) groups is 1. The highest BCUT2D eigenvalue weighted by Gasteiger charge is 2.03. The molecule has 0 amide bonds. The summed E-state index contributed by atoms with van der Waals surface area (Å²) in [7, 11) is 1.85. The zero-order valence-electron chi connectivity index (χ0n) is 10.3. The number of alkyl halides is 1. The number of nitrogens with zero attached hydrogens (tertiary/aromatic N) is 4. The largest absolute Gasteiger partial charge is 0.275 e. The monoisotopic (exact) mass is 294 g/mol. The Balaban J connectivity index is 2.21. The molecule has 4 nitrogen and oxygen atoms in total. The van der Waals surface area contributed by atoms with Gasteiger partial charge in [0.2, 0.25) is 0 Å². The number of hydrogen-bond donors (Lipinski definition) is 0. The molecule has 19 heavy (non-hydrogen) atoms. The van der Waals surface area contributed by atoms with Gasteiger partial charge in [-0.05, 0) is 17.7 Å². The Morgan fingerprint density at radius 3 is 2.95 bits per heavy atom. The predicted molar refractivity (Wildman–Crippen MR) is 79.2 cm³/mol. The maximum absolute atomic E-state index is 5.81. The zero-order valence-corrected chi connectivity index (χ0v) is 11.9. The van der Waals surface area contributed by atoms with Gasteiger partial charge in [0.1, 0.15) is 5.15 Å². The molecule has 0 fully saturated rings. The van der Waals surface area contributed by atoms with Crippen LogP contribution in [0.4, 0.5) is 5.69 Å². The second-order valence-electron chi connectivity index (χ2n) is 3.92. The van der Waals surface area contributed by atoms with E-state index < -0.39 is 0 Å². The number of aryl methyl sites for hydroxylation is 1. The van der Waals surface area contributed by atoms with Gasteiger partial charge in [0.25, 0.3) is 0 Å². The third kappa shape index (κ3) is 3.43. The molecule has 0 atom stereocenters. The van der Waals surface area contributed by atoms with Gasteiger partial charge in [0.05, 0.1) is 23.5 Å². The summed E-state index contributed by atoms with van der Waals surface area (Å²) in [4.78, 5) is 8.46. The lowest BCUT2D eigenvalue weighted by atomic mass is 10.2. The summed E-state index contributed by atoms with van der Waals surface area (Å²) in [5.41, 5.74) is 3.01. The number of halogens is 2. The molecule has 2 heterocycles. The molecule has 98 valence electrons. The van der Waals surface area contributed by atoms with Crippen molar-refractivity contribution in [3.63, 3.8) is 0 Å². The molecule has 0 saturated carbocycles. The Morgan fingerprint density at radius 1 is 1.53 bits per heavy atom. The van der Waals surface area contributed by atoms with E-state index in [-0.39, 0.29) is 5.88 Å². The first-order valence-corrected chi connectivity index (χ1v) is 6.45. The molecule has 2 aromatic heterocycles. The van der Waals surface area contributed by atoms with Crippen LogP contribution in [0.5, 0.6) is 0 Å². The molecule has 0 unspecified atom stereocenters. The normalized spacial score (nSPS) is 11.1. The Bertz CT molecular complexity index is 631. The molecule has 0 radical (unpaired) electrons. The number of hydrogen-bond acceptors (Lipinski definition) is 3. The fourth-order valence-electron chi connectivity index (χ4n) is 1.49. The molecule has 2 aromatic rings. The van der Waals surface area contributed by atoms with Crippen molar-refractivity contribution in [1.82, 2.24) is 14.8 Å². The summed E-state index contributed by atoms with van der Waals surface area (Å²) in [6.45, 7) is 3.94. The SMILES string of the molecule is C=C(/C=N\c1ccc(Cl)nc1CCl)c1cnn(C)c1. The smallest absolute Gasteiger partial charge is 0.129 e. The second-order valence-corrected chi connectivity index (χ2v) is 4.57. The quantitative estimate of drug-likeness (QED) is 0.491. The minimum atomic E-state index is 0.257. The Kier molecular flexibility index (Phi) is 4.35. The topological polar surface area (TPSA) is 43.1 Å². The summed E-state index contributed by atoms with van der Waals surface area (Å²) in [6.07, 6.45) is 5.27. The van der Waals surface area contributed by atoms with Gasteiger partial charge in [-0.15, -0.1) is 11.6 Å². The van der Waals surface area contributed by atoms with Crippen LogP contribution >= 0.6 is 23.2 Å². The number of aromatic nitrogens is 3. The van der Waals surface area contributed by atoms with Crippen molar-refractivity contribution in [1.29, 1.82) is 0 Å². The highest BCUT2D eigenvalue weighted by Crippen LogP contribution is 2.22. The van der Waals surface area contributed by atoms with Gasteiger partial charge in [0.15, 0.2) is 0 Å². The Labute approximate surface area is 121 Å². The van der Waals surface area contributed by atoms with E-state index in [1.165, 1.54) is 0 Å². The van der Waals surface area contributed by atoms with Crippen molar-refractivity contribution in [2.45, 2.75) is 5.88 Å². The molecule has 0 aliphatic rings. The minimum absolute atomic E-state index is 0.257. The lowest BCUT2D eigenvalue weighted by Crippen LogP contribution is -1.88. The average molecular weight is 295 g/mol. The molecule has 6 heteroatoms. The molecule has 2 rings (SSSR count). The van der Waals surface area contributed by atoms with Crippen LogP contribution in [0.1, 0.15) is 11.3 Å². The Hall–Kier alpha value is -1.65. The molecular weight excluding hydrogens is 283 g/mol. The number of pyridine rings is 1. The first-order chi connectivity index (χ1) is 9.10. The van der Waals surface area contributed by atoms with Crippen molar-refractivity contribution >= 4 is 40.7 Å². The van der Waals surface area contributed by atoms with Crippen molar-refractivity contribution < 1.29 is 0 Å². The van der Waals surface area contributed by atoms with E-state index in [1.807, 2.05) is 13.2 Å². The van der Waals surface area contributed by atoms with Gasteiger partial charge in [-0.3, -0.25) is 9.67 Å². The van der Waals surface area contributed by atoms with Gasteiger partial charge in [0, 0.05) is 25.0 Å². The van der Waals surface area contributed by atoms with Crippen molar-refractivity contribution in [2.24, 2.45) is 12.0 Å². The first kappa shape index (κ1) is 13.8. The van der Waals surface area contributed by atoms with Gasteiger partial charge in [-0.2, -0.15) is 5.10 Å². The molecule has 0 spiro atoms. The standard InChI is InChI=1S/C13H12Cl2N4/c1-9(10-7-17-19(2)8-10)6-16-11-3-4-13(15)18-12(11)5-14/h3-4,6-8H,1,5H2,2H3/b16-6-. The van der Waals surface area contributed by atoms with E-state index in [2.05, 4.69) is 21.7 Å². The van der Waals surface area contributed by atoms with E-state index in [9.17, 15) is 0 Å². The number of rotatable bonds is 4. The van der Waals surface area contributed by atoms with Gasteiger partial charge in [-0.1, -0.05) is 18.2 Å². The minimum Gasteiger partial charge on any atom is -0.275 e. The molecule has 0 bridgehead atoms. The van der Waals surface area contributed by atoms with E-state index in [4.69, 9.17) is 23.2 Å². The maximum Gasteiger partial charge on any atom is 0.129 e. The van der Waals surface area contributed by atoms with Gasteiger partial charge in [-0.25, -0.2) is 4.98 Å². The van der Waals surface area contributed by atoms with Crippen LogP contribution in [-0.4, -0.2) is 21.0 Å². The molecule has 0 saturated heterocycles. The van der Waals surface area contributed by atoms with Crippen molar-refractivity contribution in [2.75, 3.05) is 0 Å². The summed E-state index contributed by atoms with van der Waals surface area (Å²) < 4.78 is 1.71. The summed E-state index contributed by atoms with van der Waals surface area (Å²) >= 11 is 11.6. The van der Waals surface area contributed by atoms with Crippen LogP contribution in [0.15, 0.2) is 36.1 Å². The lowest BCUT2D eigenvalue weighted by molar-refractivity contribution is 0.767. The highest BCUT2D eigenvalue weighted by molar-refractivity contribution is 6.29. The van der Waals surface area contributed by atoms with Gasteiger partial charge >= 0.3 is 0 Å². The third-order valence-corrected chi connectivity index (χ3v) is 2.94. The van der Waals surface area contributed by atoms with Crippen LogP contribution in [-0.2, 0) is 12.9 Å². The van der Waals surface area contributed by atoms with Crippen LogP contribution in [0.2, 0.25) is 5.15 Å². The molecular formula is C13H12Cl2N4. The van der Waals surface area contributed by atoms with E-state index in [0.29, 0.717) is 16.5 Å².